The van der Waals surface area contributed by atoms with Gasteiger partial charge in [-0.1, -0.05) is 18.2 Å². The summed E-state index contributed by atoms with van der Waals surface area (Å²) < 4.78 is 3.05. The number of para-hydroxylation sites is 1. The van der Waals surface area contributed by atoms with Crippen LogP contribution < -0.4 is 0 Å². The Morgan fingerprint density at radius 3 is 2.62 bits per heavy atom. The lowest BCUT2D eigenvalue weighted by molar-refractivity contribution is 0.346. The van der Waals surface area contributed by atoms with Crippen LogP contribution in [0.2, 0.25) is 0 Å². The third-order valence-electron chi connectivity index (χ3n) is 2.85. The highest BCUT2D eigenvalue weighted by Crippen LogP contribution is 2.30. The lowest BCUT2D eigenvalue weighted by Gasteiger charge is -2.08. The third-order valence-corrected chi connectivity index (χ3v) is 3.67. The summed E-state index contributed by atoms with van der Waals surface area (Å²) in [6, 6.07) is 10.2. The largest absolute Gasteiger partial charge is 0.296 e. The van der Waals surface area contributed by atoms with Gasteiger partial charge in [0.2, 0.25) is 0 Å². The van der Waals surface area contributed by atoms with Crippen LogP contribution in [0.1, 0.15) is 11.3 Å². The number of halogens is 1. The van der Waals surface area contributed by atoms with Crippen LogP contribution in [0.15, 0.2) is 34.9 Å². The minimum Gasteiger partial charge on any atom is -0.296 e. The normalized spacial score (nSPS) is 15.4. The Kier molecular flexibility index (Phi) is 2.33. The Morgan fingerprint density at radius 1 is 1.19 bits per heavy atom. The predicted octanol–water partition coefficient (Wildman–Crippen LogP) is 2.58. The SMILES string of the molecule is CN1Cc2nn(-c3ccccc3)c(Br)c2C1. The molecule has 82 valence electrons. The fourth-order valence-electron chi connectivity index (χ4n) is 2.08. The molecule has 0 spiro atoms. The lowest BCUT2D eigenvalue weighted by atomic mass is 10.3. The van der Waals surface area contributed by atoms with Gasteiger partial charge < -0.3 is 0 Å². The number of rotatable bonds is 1. The van der Waals surface area contributed by atoms with Crippen molar-refractivity contribution < 1.29 is 0 Å². The molecule has 1 aliphatic heterocycles. The van der Waals surface area contributed by atoms with Gasteiger partial charge in [-0.25, -0.2) is 4.68 Å². The molecule has 1 aliphatic rings. The number of nitrogens with zero attached hydrogens (tertiary/aromatic N) is 3. The van der Waals surface area contributed by atoms with Gasteiger partial charge in [0, 0.05) is 18.7 Å². The number of hydrogen-bond donors (Lipinski definition) is 0. The molecule has 0 saturated heterocycles. The zero-order valence-corrected chi connectivity index (χ0v) is 10.6. The van der Waals surface area contributed by atoms with E-state index in [-0.39, 0.29) is 0 Å². The van der Waals surface area contributed by atoms with Gasteiger partial charge in [-0.15, -0.1) is 0 Å². The van der Waals surface area contributed by atoms with Gasteiger partial charge in [-0.2, -0.15) is 5.10 Å². The predicted molar refractivity (Wildman–Crippen MR) is 66.4 cm³/mol. The van der Waals surface area contributed by atoms with Crippen LogP contribution in [-0.2, 0) is 13.1 Å². The molecule has 0 unspecified atom stereocenters. The van der Waals surface area contributed by atoms with Gasteiger partial charge in [0.25, 0.3) is 0 Å². The van der Waals surface area contributed by atoms with E-state index in [2.05, 4.69) is 45.1 Å². The number of fused-ring (bicyclic) bond motifs is 1. The monoisotopic (exact) mass is 277 g/mol. The first-order valence-corrected chi connectivity index (χ1v) is 6.05. The molecule has 2 aromatic rings. The van der Waals surface area contributed by atoms with Crippen molar-refractivity contribution in [1.82, 2.24) is 14.7 Å². The highest BCUT2D eigenvalue weighted by molar-refractivity contribution is 9.10. The van der Waals surface area contributed by atoms with Crippen molar-refractivity contribution in [3.63, 3.8) is 0 Å². The minimum absolute atomic E-state index is 0.938. The molecule has 0 atom stereocenters. The summed E-state index contributed by atoms with van der Waals surface area (Å²) in [6.07, 6.45) is 0. The van der Waals surface area contributed by atoms with Crippen LogP contribution in [0.5, 0.6) is 0 Å². The summed E-state index contributed by atoms with van der Waals surface area (Å²) >= 11 is 3.64. The molecule has 1 aromatic carbocycles. The Hall–Kier alpha value is -1.13. The third kappa shape index (κ3) is 1.49. The molecule has 0 aliphatic carbocycles. The van der Waals surface area contributed by atoms with Crippen LogP contribution in [0, 0.1) is 0 Å². The molecule has 0 N–H and O–H groups in total. The molecule has 0 radical (unpaired) electrons. The van der Waals surface area contributed by atoms with E-state index in [9.17, 15) is 0 Å². The second-order valence-electron chi connectivity index (χ2n) is 4.14. The molecule has 16 heavy (non-hydrogen) atoms. The van der Waals surface area contributed by atoms with Crippen LogP contribution in [0.4, 0.5) is 0 Å². The Bertz CT molecular complexity index is 519. The maximum Gasteiger partial charge on any atom is 0.114 e. The number of benzene rings is 1. The summed E-state index contributed by atoms with van der Waals surface area (Å²) in [4.78, 5) is 2.26. The van der Waals surface area contributed by atoms with E-state index in [1.807, 2.05) is 22.9 Å². The molecule has 0 amide bonds. The maximum absolute atomic E-state index is 4.64. The molecule has 3 rings (SSSR count). The molecule has 1 aromatic heterocycles. The van der Waals surface area contributed by atoms with Crippen molar-refractivity contribution in [3.05, 3.63) is 46.2 Å². The summed E-state index contributed by atoms with van der Waals surface area (Å²) in [7, 11) is 2.11. The molecule has 3 nitrogen and oxygen atoms in total. The van der Waals surface area contributed by atoms with Crippen molar-refractivity contribution in [2.75, 3.05) is 7.05 Å². The molecule has 0 bridgehead atoms. The van der Waals surface area contributed by atoms with E-state index >= 15 is 0 Å². The van der Waals surface area contributed by atoms with Gasteiger partial charge >= 0.3 is 0 Å². The highest BCUT2D eigenvalue weighted by Gasteiger charge is 2.24. The molecular formula is C12H12BrN3. The van der Waals surface area contributed by atoms with E-state index in [1.165, 1.54) is 11.3 Å². The summed E-state index contributed by atoms with van der Waals surface area (Å²) in [5, 5.41) is 4.64. The topological polar surface area (TPSA) is 21.1 Å². The fraction of sp³-hybridized carbons (Fsp3) is 0.250. The quantitative estimate of drug-likeness (QED) is 0.799. The zero-order chi connectivity index (χ0) is 11.1. The van der Waals surface area contributed by atoms with Crippen LogP contribution in [-0.4, -0.2) is 21.7 Å². The first-order valence-electron chi connectivity index (χ1n) is 5.26. The molecule has 0 fully saturated rings. The summed E-state index contributed by atoms with van der Waals surface area (Å²) in [5.74, 6) is 0. The molecule has 4 heteroatoms. The second-order valence-corrected chi connectivity index (χ2v) is 4.89. The average Bonchev–Trinajstić information content (AvgIpc) is 2.79. The highest BCUT2D eigenvalue weighted by atomic mass is 79.9. The second kappa shape index (κ2) is 3.71. The fourth-order valence-corrected chi connectivity index (χ4v) is 2.72. The van der Waals surface area contributed by atoms with Crippen molar-refractivity contribution in [1.29, 1.82) is 0 Å². The van der Waals surface area contributed by atoms with Crippen LogP contribution in [0.25, 0.3) is 5.69 Å². The minimum atomic E-state index is 0.938. The standard InChI is InChI=1S/C12H12BrN3/c1-15-7-10-11(8-15)14-16(12(10)13)9-5-3-2-4-6-9/h2-6H,7-8H2,1H3. The Balaban J connectivity index is 2.09. The summed E-state index contributed by atoms with van der Waals surface area (Å²) in [5.41, 5.74) is 3.59. The Morgan fingerprint density at radius 2 is 1.94 bits per heavy atom. The van der Waals surface area contributed by atoms with Gasteiger partial charge in [-0.05, 0) is 35.1 Å². The average molecular weight is 278 g/mol. The van der Waals surface area contributed by atoms with E-state index < -0.39 is 0 Å². The smallest absolute Gasteiger partial charge is 0.114 e. The number of aromatic nitrogens is 2. The first kappa shape index (κ1) is 10.1. The van der Waals surface area contributed by atoms with Gasteiger partial charge in [0.15, 0.2) is 0 Å². The van der Waals surface area contributed by atoms with Crippen molar-refractivity contribution >= 4 is 15.9 Å². The zero-order valence-electron chi connectivity index (χ0n) is 9.02. The van der Waals surface area contributed by atoms with Crippen LogP contribution in [0.3, 0.4) is 0 Å². The van der Waals surface area contributed by atoms with Crippen LogP contribution >= 0.6 is 15.9 Å². The van der Waals surface area contributed by atoms with Crippen molar-refractivity contribution in [2.45, 2.75) is 13.1 Å². The van der Waals surface area contributed by atoms with Crippen molar-refractivity contribution in [3.8, 4) is 5.69 Å². The van der Waals surface area contributed by atoms with E-state index in [1.54, 1.807) is 0 Å². The molecule has 0 saturated carbocycles. The van der Waals surface area contributed by atoms with Gasteiger partial charge in [0.05, 0.1) is 11.4 Å². The van der Waals surface area contributed by atoms with Gasteiger partial charge in [-0.3, -0.25) is 4.90 Å². The van der Waals surface area contributed by atoms with E-state index in [4.69, 9.17) is 0 Å². The van der Waals surface area contributed by atoms with Gasteiger partial charge in [0.1, 0.15) is 4.60 Å². The molecular weight excluding hydrogens is 266 g/mol. The summed E-state index contributed by atoms with van der Waals surface area (Å²) in [6.45, 7) is 1.91. The first-order chi connectivity index (χ1) is 7.75. The van der Waals surface area contributed by atoms with Crippen molar-refractivity contribution in [2.24, 2.45) is 0 Å². The van der Waals surface area contributed by atoms with E-state index in [0.717, 1.165) is 23.4 Å². The molecule has 2 heterocycles. The Labute approximate surface area is 103 Å². The lowest BCUT2D eigenvalue weighted by Crippen LogP contribution is -2.10. The van der Waals surface area contributed by atoms with E-state index in [0.29, 0.717) is 0 Å². The maximum atomic E-state index is 4.64. The number of hydrogen-bond acceptors (Lipinski definition) is 2.